The number of ether oxygens (including phenoxy) is 2. The first-order valence-electron chi connectivity index (χ1n) is 16.5. The first-order valence-corrected chi connectivity index (χ1v) is 18.4. The number of allylic oxidation sites excluding steroid dienone is 1. The van der Waals surface area contributed by atoms with Gasteiger partial charge in [0.2, 0.25) is 10.0 Å². The Kier molecular flexibility index (Phi) is 9.69. The second-order valence-corrected chi connectivity index (χ2v) is 15.7. The average molecular weight is 671 g/mol. The van der Waals surface area contributed by atoms with E-state index in [1.165, 1.54) is 11.1 Å². The van der Waals surface area contributed by atoms with Crippen molar-refractivity contribution in [2.75, 3.05) is 31.2 Å². The number of carbonyl (C=O) groups excluding carboxylic acids is 1. The molecule has 4 aliphatic rings. The van der Waals surface area contributed by atoms with E-state index >= 15 is 0 Å². The second-order valence-electron chi connectivity index (χ2n) is 13.3. The topological polar surface area (TPSA) is 122 Å². The maximum atomic E-state index is 13.4. The molecule has 2 heterocycles. The fraction of sp³-hybridized carbons (Fsp3) is 0.543. The van der Waals surface area contributed by atoms with Gasteiger partial charge in [-0.25, -0.2) is 13.1 Å². The number of carboxylic acid groups (broad SMARTS) is 1. The summed E-state index contributed by atoms with van der Waals surface area (Å²) in [6.07, 6.45) is 9.64. The summed E-state index contributed by atoms with van der Waals surface area (Å²) in [5, 5.41) is 9.22. The number of rotatable bonds is 5. The minimum Gasteiger partial charge on any atom is -0.490 e. The van der Waals surface area contributed by atoms with Gasteiger partial charge >= 0.3 is 5.97 Å². The third-order valence-corrected chi connectivity index (χ3v) is 12.5. The molecule has 46 heavy (non-hydrogen) atoms. The minimum atomic E-state index is -3.93. The van der Waals surface area contributed by atoms with E-state index in [1.807, 2.05) is 18.2 Å². The van der Waals surface area contributed by atoms with E-state index in [-0.39, 0.29) is 41.9 Å². The highest BCUT2D eigenvalue weighted by molar-refractivity contribution is 7.90. The molecule has 2 aliphatic heterocycles. The molecule has 2 aliphatic carbocycles. The molecule has 0 radical (unpaired) electrons. The summed E-state index contributed by atoms with van der Waals surface area (Å²) >= 11 is 6.41. The lowest BCUT2D eigenvalue weighted by Crippen LogP contribution is -2.49. The van der Waals surface area contributed by atoms with Gasteiger partial charge in [0.15, 0.2) is 0 Å². The lowest BCUT2D eigenvalue weighted by molar-refractivity contribution is -0.139. The van der Waals surface area contributed by atoms with Gasteiger partial charge in [-0.3, -0.25) is 9.59 Å². The van der Waals surface area contributed by atoms with Crippen LogP contribution in [0.15, 0.2) is 48.6 Å². The molecule has 0 unspecified atom stereocenters. The number of anilines is 1. The molecular formula is C35H43ClN2O7S. The van der Waals surface area contributed by atoms with Crippen LogP contribution in [0.1, 0.15) is 79.8 Å². The van der Waals surface area contributed by atoms with Crippen molar-refractivity contribution in [3.63, 3.8) is 0 Å². The minimum absolute atomic E-state index is 0.0802. The zero-order chi connectivity index (χ0) is 32.5. The third kappa shape index (κ3) is 6.80. The molecule has 2 aromatic carbocycles. The molecule has 248 valence electrons. The standard InChI is InChI=1S/C35H43ClN2O7S/c1-2-27-7-3-4-8-31(44-17-15-33(39)40)28-12-9-25(28)20-38-21-35(16-5-6-23-18-26(36)11-13-29(23)35)22-45-32-14-10-24(19-30(32)38)34(41)37-46(27,42)43/h4,8,10-11,13-14,18-19,25,27-28,31H,2-3,5-7,9,12,15-17,20-22H2,1H3,(H,37,41)(H,39,40)/b8-4+/t25-,27+,28+,31-,35-/m0/s1. The molecular weight excluding hydrogens is 628 g/mol. The quantitative estimate of drug-likeness (QED) is 0.378. The molecule has 9 nitrogen and oxygen atoms in total. The molecule has 0 saturated heterocycles. The zero-order valence-corrected chi connectivity index (χ0v) is 27.8. The van der Waals surface area contributed by atoms with Gasteiger partial charge in [-0.2, -0.15) is 0 Å². The van der Waals surface area contributed by atoms with Gasteiger partial charge in [0, 0.05) is 29.1 Å². The normalized spacial score (nSPS) is 29.7. The van der Waals surface area contributed by atoms with Gasteiger partial charge in [-0.15, -0.1) is 0 Å². The van der Waals surface area contributed by atoms with Crippen molar-refractivity contribution in [2.45, 2.75) is 81.5 Å². The van der Waals surface area contributed by atoms with E-state index in [0.717, 1.165) is 37.8 Å². The summed E-state index contributed by atoms with van der Waals surface area (Å²) < 4.78 is 41.7. The summed E-state index contributed by atoms with van der Waals surface area (Å²) in [6, 6.07) is 11.3. The number of nitrogens with zero attached hydrogens (tertiary/aromatic N) is 1. The van der Waals surface area contributed by atoms with Crippen molar-refractivity contribution in [2.24, 2.45) is 11.8 Å². The van der Waals surface area contributed by atoms with Crippen LogP contribution in [0.25, 0.3) is 0 Å². The van der Waals surface area contributed by atoms with Gasteiger partial charge in [0.1, 0.15) is 5.75 Å². The molecule has 11 heteroatoms. The van der Waals surface area contributed by atoms with Crippen molar-refractivity contribution in [1.29, 1.82) is 0 Å². The van der Waals surface area contributed by atoms with Crippen LogP contribution in [0.4, 0.5) is 5.69 Å². The number of fused-ring (bicyclic) bond motifs is 4. The summed E-state index contributed by atoms with van der Waals surface area (Å²) in [4.78, 5) is 27.0. The van der Waals surface area contributed by atoms with E-state index in [0.29, 0.717) is 49.7 Å². The highest BCUT2D eigenvalue weighted by atomic mass is 35.5. The summed E-state index contributed by atoms with van der Waals surface area (Å²) in [6.45, 7) is 3.75. The number of sulfonamides is 1. The van der Waals surface area contributed by atoms with Crippen LogP contribution in [0.3, 0.4) is 0 Å². The lowest BCUT2D eigenvalue weighted by Gasteiger charge is -2.46. The van der Waals surface area contributed by atoms with Crippen molar-refractivity contribution in [3.8, 4) is 5.75 Å². The molecule has 6 rings (SSSR count). The van der Waals surface area contributed by atoms with E-state index in [2.05, 4.69) is 21.8 Å². The van der Waals surface area contributed by atoms with Crippen LogP contribution in [0.2, 0.25) is 5.02 Å². The third-order valence-electron chi connectivity index (χ3n) is 10.4. The van der Waals surface area contributed by atoms with Crippen molar-refractivity contribution < 1.29 is 32.6 Å². The van der Waals surface area contributed by atoms with Crippen LogP contribution >= 0.6 is 11.6 Å². The number of hydrogen-bond donors (Lipinski definition) is 2. The number of aryl methyl sites for hydroxylation is 1. The largest absolute Gasteiger partial charge is 0.490 e. The Morgan fingerprint density at radius 3 is 2.80 bits per heavy atom. The number of halogens is 1. The molecule has 0 aromatic heterocycles. The molecule has 2 bridgehead atoms. The smallest absolute Gasteiger partial charge is 0.305 e. The predicted molar refractivity (Wildman–Crippen MR) is 177 cm³/mol. The number of carbonyl (C=O) groups is 2. The summed E-state index contributed by atoms with van der Waals surface area (Å²) in [7, 11) is -3.93. The maximum Gasteiger partial charge on any atom is 0.305 e. The highest BCUT2D eigenvalue weighted by Crippen LogP contribution is 2.47. The van der Waals surface area contributed by atoms with E-state index in [1.54, 1.807) is 25.1 Å². The Labute approximate surface area is 276 Å². The van der Waals surface area contributed by atoms with Crippen LogP contribution in [0, 0.1) is 11.8 Å². The van der Waals surface area contributed by atoms with Crippen LogP contribution in [-0.2, 0) is 31.4 Å². The Morgan fingerprint density at radius 2 is 2.04 bits per heavy atom. The van der Waals surface area contributed by atoms with Crippen molar-refractivity contribution in [3.05, 3.63) is 70.3 Å². The van der Waals surface area contributed by atoms with Gasteiger partial charge in [-0.1, -0.05) is 36.7 Å². The molecule has 2 N–H and O–H groups in total. The van der Waals surface area contributed by atoms with Crippen molar-refractivity contribution in [1.82, 2.24) is 4.72 Å². The zero-order valence-electron chi connectivity index (χ0n) is 26.3. The number of hydrogen-bond acceptors (Lipinski definition) is 7. The molecule has 1 fully saturated rings. The highest BCUT2D eigenvalue weighted by Gasteiger charge is 2.44. The first-order chi connectivity index (χ1) is 22.1. The van der Waals surface area contributed by atoms with Crippen LogP contribution < -0.4 is 14.4 Å². The Hall–Kier alpha value is -3.08. The average Bonchev–Trinajstić information content (AvgIpc) is 3.15. The number of nitrogens with one attached hydrogen (secondary N) is 1. The van der Waals surface area contributed by atoms with Gasteiger partial charge in [0.05, 0.1) is 36.7 Å². The Balaban J connectivity index is 1.40. The fourth-order valence-corrected chi connectivity index (χ4v) is 9.38. The number of benzene rings is 2. The molecule has 1 saturated carbocycles. The Morgan fingerprint density at radius 1 is 1.20 bits per heavy atom. The van der Waals surface area contributed by atoms with Gasteiger partial charge in [0.25, 0.3) is 5.91 Å². The summed E-state index contributed by atoms with van der Waals surface area (Å²) in [5.41, 5.74) is 3.21. The predicted octanol–water partition coefficient (Wildman–Crippen LogP) is 5.89. The van der Waals surface area contributed by atoms with Crippen LogP contribution in [0.5, 0.6) is 5.75 Å². The van der Waals surface area contributed by atoms with E-state index < -0.39 is 27.1 Å². The lowest BCUT2D eigenvalue weighted by atomic mass is 9.68. The second kappa shape index (κ2) is 13.6. The van der Waals surface area contributed by atoms with E-state index in [9.17, 15) is 23.1 Å². The van der Waals surface area contributed by atoms with Gasteiger partial charge < -0.3 is 19.5 Å². The molecule has 1 spiro atoms. The Bertz CT molecular complexity index is 1610. The van der Waals surface area contributed by atoms with Crippen molar-refractivity contribution >= 4 is 39.2 Å². The SMILES string of the molecule is CC[C@@H]1CC/C=C/[C@H](OCCC(=O)O)[C@@H]2CC[C@H]2CN2C[C@@]3(CCCc4cc(Cl)ccc43)COc3ccc(cc32)C(=O)NS1(=O)=O. The monoisotopic (exact) mass is 670 g/mol. The molecule has 2 aromatic rings. The molecule has 5 atom stereocenters. The fourth-order valence-electron chi connectivity index (χ4n) is 7.76. The number of amides is 1. The molecule has 1 amide bonds. The number of carboxylic acids is 1. The number of aliphatic carboxylic acids is 1. The maximum absolute atomic E-state index is 13.4. The first kappa shape index (κ1) is 32.8. The van der Waals surface area contributed by atoms with E-state index in [4.69, 9.17) is 21.1 Å². The summed E-state index contributed by atoms with van der Waals surface area (Å²) in [5.74, 6) is -0.443. The van der Waals surface area contributed by atoms with Crippen LogP contribution in [-0.4, -0.2) is 63.1 Å². The van der Waals surface area contributed by atoms with Gasteiger partial charge in [-0.05, 0) is 105 Å².